The summed E-state index contributed by atoms with van der Waals surface area (Å²) in [6.07, 6.45) is 1.71. The van der Waals surface area contributed by atoms with Gasteiger partial charge in [-0.2, -0.15) is 0 Å². The predicted octanol–water partition coefficient (Wildman–Crippen LogP) is 5.69. The zero-order chi connectivity index (χ0) is 23.2. The normalized spacial score (nSPS) is 10.4. The van der Waals surface area contributed by atoms with E-state index in [0.717, 1.165) is 5.69 Å². The lowest BCUT2D eigenvalue weighted by atomic mass is 10.2. The molecule has 4 aromatic rings. The monoisotopic (exact) mass is 504 g/mol. The van der Waals surface area contributed by atoms with Crippen LogP contribution in [-0.2, 0) is 0 Å². The number of carbonyl (C=O) groups is 1. The maximum atomic E-state index is 12.7. The number of benzene rings is 2. The second-order valence-electron chi connectivity index (χ2n) is 7.03. The van der Waals surface area contributed by atoms with E-state index in [4.69, 9.17) is 4.74 Å². The number of hydrogen-bond donors (Lipinski definition) is 3. The number of halogens is 1. The molecule has 2 aromatic heterocycles. The number of ether oxygens (including phenoxy) is 1. The van der Waals surface area contributed by atoms with Crippen molar-refractivity contribution in [3.8, 4) is 5.75 Å². The first-order valence-corrected chi connectivity index (χ1v) is 10.9. The predicted molar refractivity (Wildman–Crippen MR) is 133 cm³/mol. The third-order valence-electron chi connectivity index (χ3n) is 4.59. The van der Waals surface area contributed by atoms with E-state index < -0.39 is 0 Å². The number of nitrogens with zero attached hydrogens (tertiary/aromatic N) is 3. The van der Waals surface area contributed by atoms with Crippen LogP contribution >= 0.6 is 15.9 Å². The number of aromatic nitrogens is 3. The number of aryl methyl sites for hydroxylation is 1. The Labute approximate surface area is 199 Å². The Morgan fingerprint density at radius 3 is 2.30 bits per heavy atom. The average molecular weight is 505 g/mol. The fourth-order valence-electron chi connectivity index (χ4n) is 3.05. The molecule has 0 atom stereocenters. The Hall–Kier alpha value is -3.98. The summed E-state index contributed by atoms with van der Waals surface area (Å²) in [6, 6.07) is 20.0. The van der Waals surface area contributed by atoms with E-state index in [1.807, 2.05) is 49.4 Å². The molecule has 8 nitrogen and oxygen atoms in total. The Morgan fingerprint density at radius 1 is 0.879 bits per heavy atom. The van der Waals surface area contributed by atoms with Crippen molar-refractivity contribution >= 4 is 50.7 Å². The zero-order valence-corrected chi connectivity index (χ0v) is 19.6. The molecule has 1 amide bonds. The Balaban J connectivity index is 1.44. The summed E-state index contributed by atoms with van der Waals surface area (Å²) in [5, 5.41) is 9.32. The Kier molecular flexibility index (Phi) is 6.80. The quantitative estimate of drug-likeness (QED) is 0.297. The summed E-state index contributed by atoms with van der Waals surface area (Å²) < 4.78 is 5.89. The smallest absolute Gasteiger partial charge is 0.256 e. The molecule has 0 saturated carbocycles. The number of anilines is 5. The molecule has 0 aliphatic carbocycles. The summed E-state index contributed by atoms with van der Waals surface area (Å²) in [5.41, 5.74) is 1.97. The van der Waals surface area contributed by atoms with Gasteiger partial charge in [-0.15, -0.1) is 0 Å². The molecular weight excluding hydrogens is 484 g/mol. The Bertz CT molecular complexity index is 1270. The summed E-state index contributed by atoms with van der Waals surface area (Å²) in [5.74, 6) is 2.96. The molecule has 0 bridgehead atoms. The van der Waals surface area contributed by atoms with Gasteiger partial charge in [0, 0.05) is 28.1 Å². The maximum absolute atomic E-state index is 12.7. The second-order valence-corrected chi connectivity index (χ2v) is 7.88. The third-order valence-corrected chi connectivity index (χ3v) is 5.28. The van der Waals surface area contributed by atoms with Crippen LogP contribution in [0.15, 0.2) is 77.4 Å². The molecule has 4 rings (SSSR count). The van der Waals surface area contributed by atoms with Gasteiger partial charge in [-0.25, -0.2) is 15.0 Å². The van der Waals surface area contributed by atoms with Gasteiger partial charge in [0.1, 0.15) is 29.0 Å². The maximum Gasteiger partial charge on any atom is 0.256 e. The van der Waals surface area contributed by atoms with Crippen LogP contribution < -0.4 is 20.7 Å². The van der Waals surface area contributed by atoms with E-state index in [2.05, 4.69) is 46.8 Å². The van der Waals surface area contributed by atoms with Gasteiger partial charge in [-0.05, 0) is 77.5 Å². The topological polar surface area (TPSA) is 101 Å². The molecule has 0 saturated heterocycles. The number of methoxy groups -OCH3 is 1. The molecule has 33 heavy (non-hydrogen) atoms. The van der Waals surface area contributed by atoms with Crippen LogP contribution in [0.1, 0.15) is 16.2 Å². The van der Waals surface area contributed by atoms with Crippen LogP contribution in [0.2, 0.25) is 0 Å². The SMILES string of the molecule is COc1ccc(Br)c(C(=O)Nc2ccc(Nc3cc(Nc4ccccn4)nc(C)n3)cc2)c1. The van der Waals surface area contributed by atoms with Gasteiger partial charge in [0.15, 0.2) is 0 Å². The first kappa shape index (κ1) is 22.2. The second kappa shape index (κ2) is 10.1. The molecule has 0 unspecified atom stereocenters. The number of nitrogens with one attached hydrogen (secondary N) is 3. The molecular formula is C24H21BrN6O2. The minimum atomic E-state index is -0.238. The van der Waals surface area contributed by atoms with Crippen molar-refractivity contribution < 1.29 is 9.53 Å². The molecule has 2 aromatic carbocycles. The summed E-state index contributed by atoms with van der Waals surface area (Å²) in [4.78, 5) is 25.8. The van der Waals surface area contributed by atoms with Crippen molar-refractivity contribution in [2.24, 2.45) is 0 Å². The minimum Gasteiger partial charge on any atom is -0.497 e. The molecule has 0 aliphatic rings. The fourth-order valence-corrected chi connectivity index (χ4v) is 3.48. The minimum absolute atomic E-state index is 0.238. The van der Waals surface area contributed by atoms with Crippen molar-refractivity contribution in [3.63, 3.8) is 0 Å². The number of pyridine rings is 1. The lowest BCUT2D eigenvalue weighted by molar-refractivity contribution is 0.102. The van der Waals surface area contributed by atoms with Gasteiger partial charge in [-0.3, -0.25) is 4.79 Å². The number of amides is 1. The van der Waals surface area contributed by atoms with Gasteiger partial charge in [0.05, 0.1) is 12.7 Å². The van der Waals surface area contributed by atoms with Crippen LogP contribution in [0.3, 0.4) is 0 Å². The van der Waals surface area contributed by atoms with E-state index in [-0.39, 0.29) is 5.91 Å². The van der Waals surface area contributed by atoms with Crippen molar-refractivity contribution in [3.05, 3.63) is 88.8 Å². The van der Waals surface area contributed by atoms with Crippen LogP contribution in [0.5, 0.6) is 5.75 Å². The summed E-state index contributed by atoms with van der Waals surface area (Å²) in [6.45, 7) is 1.82. The van der Waals surface area contributed by atoms with Gasteiger partial charge in [0.2, 0.25) is 0 Å². The van der Waals surface area contributed by atoms with Crippen molar-refractivity contribution in [1.29, 1.82) is 0 Å². The number of hydrogen-bond acceptors (Lipinski definition) is 7. The zero-order valence-electron chi connectivity index (χ0n) is 18.0. The number of rotatable bonds is 7. The highest BCUT2D eigenvalue weighted by atomic mass is 79.9. The van der Waals surface area contributed by atoms with Gasteiger partial charge < -0.3 is 20.7 Å². The number of carbonyl (C=O) groups excluding carboxylic acids is 1. The van der Waals surface area contributed by atoms with Gasteiger partial charge in [-0.1, -0.05) is 6.07 Å². The van der Waals surface area contributed by atoms with Gasteiger partial charge >= 0.3 is 0 Å². The molecule has 166 valence electrons. The molecule has 2 heterocycles. The van der Waals surface area contributed by atoms with E-state index in [1.165, 1.54) is 0 Å². The molecule has 0 radical (unpaired) electrons. The standard InChI is InChI=1S/C24H21BrN6O2/c1-15-27-22(14-23(28-15)31-21-5-3-4-12-26-21)29-16-6-8-17(9-7-16)30-24(32)19-13-18(33-2)10-11-20(19)25/h3-14H,1-2H3,(H,30,32)(H2,26,27,28,29,31). The van der Waals surface area contributed by atoms with E-state index >= 15 is 0 Å². The van der Waals surface area contributed by atoms with E-state index in [9.17, 15) is 4.79 Å². The average Bonchev–Trinajstić information content (AvgIpc) is 2.81. The molecule has 3 N–H and O–H groups in total. The highest BCUT2D eigenvalue weighted by Crippen LogP contribution is 2.25. The summed E-state index contributed by atoms with van der Waals surface area (Å²) in [7, 11) is 1.56. The van der Waals surface area contributed by atoms with E-state index in [0.29, 0.717) is 44.8 Å². The molecule has 0 spiro atoms. The molecule has 9 heteroatoms. The van der Waals surface area contributed by atoms with Gasteiger partial charge in [0.25, 0.3) is 5.91 Å². The Morgan fingerprint density at radius 2 is 1.61 bits per heavy atom. The lowest BCUT2D eigenvalue weighted by Crippen LogP contribution is -2.12. The molecule has 0 fully saturated rings. The molecule has 0 aliphatic heterocycles. The first-order valence-electron chi connectivity index (χ1n) is 10.1. The van der Waals surface area contributed by atoms with Crippen LogP contribution in [0, 0.1) is 6.92 Å². The lowest BCUT2D eigenvalue weighted by Gasteiger charge is -2.11. The van der Waals surface area contributed by atoms with Crippen LogP contribution in [0.4, 0.5) is 28.8 Å². The third kappa shape index (κ3) is 5.83. The van der Waals surface area contributed by atoms with Crippen LogP contribution in [0.25, 0.3) is 0 Å². The highest BCUT2D eigenvalue weighted by Gasteiger charge is 2.12. The van der Waals surface area contributed by atoms with Crippen molar-refractivity contribution in [2.75, 3.05) is 23.1 Å². The summed E-state index contributed by atoms with van der Waals surface area (Å²) >= 11 is 3.41. The van der Waals surface area contributed by atoms with Crippen molar-refractivity contribution in [1.82, 2.24) is 15.0 Å². The fraction of sp³-hybridized carbons (Fsp3) is 0.0833. The first-order chi connectivity index (χ1) is 16.0. The van der Waals surface area contributed by atoms with Crippen LogP contribution in [-0.4, -0.2) is 28.0 Å². The van der Waals surface area contributed by atoms with Crippen molar-refractivity contribution in [2.45, 2.75) is 6.92 Å². The largest absolute Gasteiger partial charge is 0.497 e. The highest BCUT2D eigenvalue weighted by molar-refractivity contribution is 9.10. The van der Waals surface area contributed by atoms with E-state index in [1.54, 1.807) is 37.6 Å².